The van der Waals surface area contributed by atoms with Gasteiger partial charge in [-0.2, -0.15) is 5.10 Å². The summed E-state index contributed by atoms with van der Waals surface area (Å²) < 4.78 is 0.980. The second-order valence-electron chi connectivity index (χ2n) is 6.09. The second-order valence-corrected chi connectivity index (χ2v) is 7.95. The molecule has 4 rings (SSSR count). The highest BCUT2D eigenvalue weighted by Crippen LogP contribution is 2.28. The molecule has 0 fully saturated rings. The number of rotatable bonds is 3. The van der Waals surface area contributed by atoms with Gasteiger partial charge in [-0.25, -0.2) is 0 Å². The Morgan fingerprint density at radius 2 is 2.00 bits per heavy atom. The van der Waals surface area contributed by atoms with E-state index in [9.17, 15) is 4.79 Å². The first kappa shape index (κ1) is 17.2. The van der Waals surface area contributed by atoms with E-state index in [4.69, 9.17) is 0 Å². The lowest BCUT2D eigenvalue weighted by Gasteiger charge is -2.31. The van der Waals surface area contributed by atoms with Crippen LogP contribution in [-0.2, 0) is 10.5 Å². The van der Waals surface area contributed by atoms with Crippen molar-refractivity contribution < 1.29 is 4.79 Å². The van der Waals surface area contributed by atoms with Crippen LogP contribution < -0.4 is 10.3 Å². The lowest BCUT2D eigenvalue weighted by atomic mass is 10.2. The van der Waals surface area contributed by atoms with Crippen LogP contribution >= 0.6 is 27.7 Å². The Balaban J connectivity index is 1.47. The number of amidine groups is 1. The van der Waals surface area contributed by atoms with Gasteiger partial charge in [-0.1, -0.05) is 57.5 Å². The summed E-state index contributed by atoms with van der Waals surface area (Å²) in [5.74, 6) is 0.758. The molecule has 0 saturated carbocycles. The zero-order valence-corrected chi connectivity index (χ0v) is 16.5. The summed E-state index contributed by atoms with van der Waals surface area (Å²) >= 11 is 5.03. The zero-order valence-electron chi connectivity index (χ0n) is 14.1. The molecule has 26 heavy (non-hydrogen) atoms. The number of amides is 1. The predicted octanol–water partition coefficient (Wildman–Crippen LogP) is 4.01. The largest absolute Gasteiger partial charge is 0.294 e. The van der Waals surface area contributed by atoms with Crippen LogP contribution in [0.15, 0.2) is 70.5 Å². The van der Waals surface area contributed by atoms with E-state index in [-0.39, 0.29) is 5.91 Å². The molecule has 1 amide bonds. The lowest BCUT2D eigenvalue weighted by molar-refractivity contribution is -0.122. The van der Waals surface area contributed by atoms with Gasteiger partial charge in [0.05, 0.1) is 0 Å². The number of hydrazone groups is 1. The monoisotopic (exact) mass is 428 g/mol. The lowest BCUT2D eigenvalue weighted by Crippen LogP contribution is -2.52. The van der Waals surface area contributed by atoms with Crippen molar-refractivity contribution in [1.82, 2.24) is 10.3 Å². The third-order valence-electron chi connectivity index (χ3n) is 4.18. The van der Waals surface area contributed by atoms with E-state index in [0.29, 0.717) is 0 Å². The summed E-state index contributed by atoms with van der Waals surface area (Å²) in [6.07, 6.45) is 3.19. The summed E-state index contributed by atoms with van der Waals surface area (Å²) in [5, 5.41) is 5.16. The fraction of sp³-hybridized carbons (Fsp3) is 0.158. The Labute approximate surface area is 164 Å². The van der Waals surface area contributed by atoms with E-state index in [2.05, 4.69) is 57.6 Å². The molecule has 0 aliphatic carbocycles. The summed E-state index contributed by atoms with van der Waals surface area (Å²) in [6.45, 7) is 2.08. The molecular weight excluding hydrogens is 412 g/mol. The van der Waals surface area contributed by atoms with Gasteiger partial charge in [0.15, 0.2) is 5.17 Å². The van der Waals surface area contributed by atoms with E-state index in [1.165, 1.54) is 11.1 Å². The van der Waals surface area contributed by atoms with Crippen LogP contribution in [0.2, 0.25) is 0 Å². The molecule has 7 heteroatoms. The van der Waals surface area contributed by atoms with E-state index in [1.807, 2.05) is 35.4 Å². The van der Waals surface area contributed by atoms with E-state index in [1.54, 1.807) is 22.9 Å². The molecule has 2 aliphatic heterocycles. The molecule has 2 aromatic rings. The zero-order chi connectivity index (χ0) is 18.1. The maximum Gasteiger partial charge on any atom is 0.276 e. The number of fused-ring (bicyclic) bond motifs is 1. The molecule has 1 unspecified atom stereocenters. The van der Waals surface area contributed by atoms with Crippen molar-refractivity contribution >= 4 is 44.5 Å². The van der Waals surface area contributed by atoms with Gasteiger partial charge < -0.3 is 0 Å². The minimum absolute atomic E-state index is 0.0512. The van der Waals surface area contributed by atoms with Crippen molar-refractivity contribution in [2.45, 2.75) is 18.8 Å². The standard InChI is InChI=1S/C19H17BrN4OS/c1-13-3-2-4-14(11-13)12-26-19-22-21-17-18(25)23(9-10-24(17)19)16-7-5-15(20)6-8-16/h2-11,17,21H,12H2,1H3. The van der Waals surface area contributed by atoms with Gasteiger partial charge in [0.1, 0.15) is 0 Å². The van der Waals surface area contributed by atoms with Crippen molar-refractivity contribution in [1.29, 1.82) is 0 Å². The number of benzene rings is 2. The third-order valence-corrected chi connectivity index (χ3v) is 5.75. The van der Waals surface area contributed by atoms with Crippen LogP contribution in [0, 0.1) is 6.92 Å². The van der Waals surface area contributed by atoms with Crippen molar-refractivity contribution in [3.05, 3.63) is 76.5 Å². The van der Waals surface area contributed by atoms with Crippen LogP contribution in [-0.4, -0.2) is 22.1 Å². The molecular formula is C19H17BrN4OS. The van der Waals surface area contributed by atoms with Gasteiger partial charge >= 0.3 is 0 Å². The molecule has 0 spiro atoms. The highest BCUT2D eigenvalue weighted by atomic mass is 79.9. The van der Waals surface area contributed by atoms with Crippen LogP contribution in [0.3, 0.4) is 0 Å². The molecule has 0 saturated heterocycles. The number of nitrogens with zero attached hydrogens (tertiary/aromatic N) is 3. The molecule has 2 heterocycles. The van der Waals surface area contributed by atoms with Crippen molar-refractivity contribution in [3.63, 3.8) is 0 Å². The predicted molar refractivity (Wildman–Crippen MR) is 109 cm³/mol. The molecule has 1 N–H and O–H groups in total. The number of halogens is 1. The normalized spacial score (nSPS) is 18.6. The SMILES string of the molecule is Cc1cccc(CSC2=NNC3C(=O)N(c4ccc(Br)cc4)C=CN23)c1. The van der Waals surface area contributed by atoms with Gasteiger partial charge in [0.2, 0.25) is 6.17 Å². The fourth-order valence-electron chi connectivity index (χ4n) is 2.89. The average Bonchev–Trinajstić information content (AvgIpc) is 3.05. The van der Waals surface area contributed by atoms with Crippen molar-refractivity contribution in [2.75, 3.05) is 4.90 Å². The van der Waals surface area contributed by atoms with Crippen molar-refractivity contribution in [2.24, 2.45) is 5.10 Å². The quantitative estimate of drug-likeness (QED) is 0.801. The van der Waals surface area contributed by atoms with E-state index < -0.39 is 6.17 Å². The number of hydrogen-bond acceptors (Lipinski definition) is 5. The Morgan fingerprint density at radius 3 is 2.77 bits per heavy atom. The Morgan fingerprint density at radius 1 is 1.19 bits per heavy atom. The highest BCUT2D eigenvalue weighted by molar-refractivity contribution is 9.10. The smallest absolute Gasteiger partial charge is 0.276 e. The number of nitrogens with one attached hydrogen (secondary N) is 1. The molecule has 1 atom stereocenters. The number of aryl methyl sites for hydroxylation is 1. The first-order valence-corrected chi connectivity index (χ1v) is 9.96. The maximum atomic E-state index is 12.8. The first-order valence-electron chi connectivity index (χ1n) is 8.19. The number of thioether (sulfide) groups is 1. The van der Waals surface area contributed by atoms with Crippen LogP contribution in [0.5, 0.6) is 0 Å². The summed E-state index contributed by atoms with van der Waals surface area (Å²) in [4.78, 5) is 16.4. The molecule has 2 aromatic carbocycles. The Kier molecular flexibility index (Phi) is 4.74. The molecule has 2 aliphatic rings. The van der Waals surface area contributed by atoms with Crippen LogP contribution in [0.1, 0.15) is 11.1 Å². The summed E-state index contributed by atoms with van der Waals surface area (Å²) in [6, 6.07) is 16.1. The summed E-state index contributed by atoms with van der Waals surface area (Å²) in [7, 11) is 0. The van der Waals surface area contributed by atoms with Crippen LogP contribution in [0.4, 0.5) is 5.69 Å². The number of carbonyl (C=O) groups is 1. The Hall–Kier alpha value is -2.25. The van der Waals surface area contributed by atoms with Gasteiger partial charge in [-0.15, -0.1) is 0 Å². The minimum atomic E-state index is -0.497. The molecule has 5 nitrogen and oxygen atoms in total. The number of hydrogen-bond donors (Lipinski definition) is 1. The molecule has 132 valence electrons. The highest BCUT2D eigenvalue weighted by Gasteiger charge is 2.38. The third kappa shape index (κ3) is 3.37. The van der Waals surface area contributed by atoms with Crippen molar-refractivity contribution in [3.8, 4) is 0 Å². The minimum Gasteiger partial charge on any atom is -0.294 e. The number of anilines is 1. The molecule has 0 bridgehead atoms. The topological polar surface area (TPSA) is 47.9 Å². The van der Waals surface area contributed by atoms with Gasteiger partial charge in [-0.05, 0) is 36.8 Å². The molecule has 0 radical (unpaired) electrons. The van der Waals surface area contributed by atoms with Crippen LogP contribution in [0.25, 0.3) is 0 Å². The fourth-order valence-corrected chi connectivity index (χ4v) is 4.06. The second kappa shape index (κ2) is 7.17. The van der Waals surface area contributed by atoms with Gasteiger partial charge in [0, 0.05) is 28.3 Å². The van der Waals surface area contributed by atoms with E-state index in [0.717, 1.165) is 21.1 Å². The Bertz CT molecular complexity index is 897. The number of carbonyl (C=O) groups excluding carboxylic acids is 1. The molecule has 0 aromatic heterocycles. The maximum absolute atomic E-state index is 12.8. The first-order chi connectivity index (χ1) is 12.6. The van der Waals surface area contributed by atoms with Gasteiger partial charge in [-0.3, -0.25) is 20.0 Å². The van der Waals surface area contributed by atoms with Gasteiger partial charge in [0.25, 0.3) is 5.91 Å². The van der Waals surface area contributed by atoms with E-state index >= 15 is 0 Å². The summed E-state index contributed by atoms with van der Waals surface area (Å²) in [5.41, 5.74) is 6.27. The average molecular weight is 429 g/mol.